The van der Waals surface area contributed by atoms with E-state index in [-0.39, 0.29) is 6.04 Å². The van der Waals surface area contributed by atoms with E-state index in [1.807, 2.05) is 26.2 Å². The second-order valence-corrected chi connectivity index (χ2v) is 5.70. The van der Waals surface area contributed by atoms with Crippen LogP contribution in [0, 0.1) is 0 Å². The Balaban J connectivity index is 2.05. The molecule has 2 aliphatic rings. The first kappa shape index (κ1) is 11.6. The highest BCUT2D eigenvalue weighted by atomic mass is 32.2. The Bertz CT molecular complexity index is 585. The molecule has 1 aliphatic heterocycles. The van der Waals surface area contributed by atoms with Gasteiger partial charge in [0, 0.05) is 35.6 Å². The molecule has 18 heavy (non-hydrogen) atoms. The maximum atomic E-state index is 5.90. The minimum atomic E-state index is 0.00466. The number of hydrogen-bond donors (Lipinski definition) is 1. The van der Waals surface area contributed by atoms with E-state index >= 15 is 0 Å². The van der Waals surface area contributed by atoms with E-state index in [2.05, 4.69) is 34.2 Å². The molecule has 1 aromatic rings. The zero-order valence-electron chi connectivity index (χ0n) is 10.4. The summed E-state index contributed by atoms with van der Waals surface area (Å²) in [7, 11) is 4.09. The average Bonchev–Trinajstić information content (AvgIpc) is 2.35. The summed E-state index contributed by atoms with van der Waals surface area (Å²) in [4.78, 5) is 9.12. The van der Waals surface area contributed by atoms with Gasteiger partial charge in [-0.05, 0) is 30.4 Å². The van der Waals surface area contributed by atoms with E-state index in [0.29, 0.717) is 0 Å². The zero-order valence-corrected chi connectivity index (χ0v) is 11.2. The standard InChI is InChI=1S/C14H15N3S/c1-17(2)10-4-6-12-14(8-10)18-13-7-9(15)3-5-11(13)16-12/h3-9H,15H2,1-2H3. The number of fused-ring (bicyclic) bond motifs is 2. The van der Waals surface area contributed by atoms with E-state index in [1.165, 1.54) is 10.6 Å². The topological polar surface area (TPSA) is 41.6 Å². The van der Waals surface area contributed by atoms with Crippen LogP contribution in [0.3, 0.4) is 0 Å². The zero-order chi connectivity index (χ0) is 12.7. The summed E-state index contributed by atoms with van der Waals surface area (Å²) >= 11 is 1.75. The van der Waals surface area contributed by atoms with Gasteiger partial charge >= 0.3 is 0 Å². The quantitative estimate of drug-likeness (QED) is 0.841. The summed E-state index contributed by atoms with van der Waals surface area (Å²) in [5.41, 5.74) is 9.15. The van der Waals surface area contributed by atoms with E-state index in [9.17, 15) is 0 Å². The van der Waals surface area contributed by atoms with E-state index in [1.54, 1.807) is 11.8 Å². The van der Waals surface area contributed by atoms with Gasteiger partial charge in [0.25, 0.3) is 0 Å². The third-order valence-corrected chi connectivity index (χ3v) is 4.11. The van der Waals surface area contributed by atoms with Crippen LogP contribution in [0.5, 0.6) is 0 Å². The maximum Gasteiger partial charge on any atom is 0.0778 e. The van der Waals surface area contributed by atoms with Gasteiger partial charge in [0.15, 0.2) is 0 Å². The van der Waals surface area contributed by atoms with Crippen LogP contribution < -0.4 is 10.6 Å². The van der Waals surface area contributed by atoms with Gasteiger partial charge in [-0.3, -0.25) is 0 Å². The van der Waals surface area contributed by atoms with Gasteiger partial charge in [-0.1, -0.05) is 17.8 Å². The maximum absolute atomic E-state index is 5.90. The smallest absolute Gasteiger partial charge is 0.0778 e. The molecule has 3 nitrogen and oxygen atoms in total. The molecule has 0 bridgehead atoms. The molecule has 0 amide bonds. The van der Waals surface area contributed by atoms with Crippen LogP contribution in [0.2, 0.25) is 0 Å². The third-order valence-electron chi connectivity index (χ3n) is 2.99. The Morgan fingerprint density at radius 3 is 2.94 bits per heavy atom. The van der Waals surface area contributed by atoms with Crippen LogP contribution in [-0.4, -0.2) is 25.8 Å². The molecule has 1 heterocycles. The highest BCUT2D eigenvalue weighted by Gasteiger charge is 2.19. The van der Waals surface area contributed by atoms with Crippen molar-refractivity contribution in [1.29, 1.82) is 0 Å². The summed E-state index contributed by atoms with van der Waals surface area (Å²) in [5.74, 6) is 0. The van der Waals surface area contributed by atoms with Crippen molar-refractivity contribution in [3.63, 3.8) is 0 Å². The van der Waals surface area contributed by atoms with E-state index in [4.69, 9.17) is 5.73 Å². The molecule has 4 heteroatoms. The fourth-order valence-electron chi connectivity index (χ4n) is 1.98. The van der Waals surface area contributed by atoms with Crippen molar-refractivity contribution in [1.82, 2.24) is 0 Å². The largest absolute Gasteiger partial charge is 0.378 e. The van der Waals surface area contributed by atoms with Crippen molar-refractivity contribution in [3.8, 4) is 0 Å². The highest BCUT2D eigenvalue weighted by molar-refractivity contribution is 8.04. The predicted octanol–water partition coefficient (Wildman–Crippen LogP) is 2.71. The van der Waals surface area contributed by atoms with E-state index < -0.39 is 0 Å². The normalized spacial score (nSPS) is 20.7. The number of aliphatic imine (C=N–C) groups is 1. The second-order valence-electron chi connectivity index (χ2n) is 4.61. The lowest BCUT2D eigenvalue weighted by Gasteiger charge is -2.22. The molecule has 0 radical (unpaired) electrons. The molecular formula is C14H15N3S. The average molecular weight is 257 g/mol. The van der Waals surface area contributed by atoms with Gasteiger partial charge in [0.1, 0.15) is 0 Å². The number of allylic oxidation sites excluding steroid dienone is 2. The van der Waals surface area contributed by atoms with Crippen molar-refractivity contribution < 1.29 is 0 Å². The first-order valence-electron chi connectivity index (χ1n) is 5.87. The van der Waals surface area contributed by atoms with Gasteiger partial charge < -0.3 is 10.6 Å². The van der Waals surface area contributed by atoms with Crippen LogP contribution in [0.4, 0.5) is 11.4 Å². The number of benzene rings is 1. The fourth-order valence-corrected chi connectivity index (χ4v) is 3.06. The first-order chi connectivity index (χ1) is 8.63. The van der Waals surface area contributed by atoms with Crippen LogP contribution >= 0.6 is 11.8 Å². The SMILES string of the molecule is CN(C)c1ccc2c(c1)SC1=CC(N)C=CC1=N2. The molecule has 0 aromatic heterocycles. The monoisotopic (exact) mass is 257 g/mol. The molecular weight excluding hydrogens is 242 g/mol. The predicted molar refractivity (Wildman–Crippen MR) is 78.9 cm³/mol. The van der Waals surface area contributed by atoms with Crippen LogP contribution in [-0.2, 0) is 0 Å². The second kappa shape index (κ2) is 4.30. The van der Waals surface area contributed by atoms with E-state index in [0.717, 1.165) is 16.3 Å². The molecule has 0 saturated heterocycles. The Labute approximate surface area is 111 Å². The molecule has 2 N–H and O–H groups in total. The Morgan fingerprint density at radius 1 is 1.33 bits per heavy atom. The van der Waals surface area contributed by atoms with Crippen molar-refractivity contribution in [2.24, 2.45) is 10.7 Å². The minimum absolute atomic E-state index is 0.00466. The summed E-state index contributed by atoms with van der Waals surface area (Å²) in [6, 6.07) is 6.34. The molecule has 1 aromatic carbocycles. The number of anilines is 1. The van der Waals surface area contributed by atoms with Gasteiger partial charge in [0.05, 0.1) is 11.4 Å². The molecule has 3 rings (SSSR count). The number of nitrogens with zero attached hydrogens (tertiary/aromatic N) is 2. The number of nitrogens with two attached hydrogens (primary N) is 1. The van der Waals surface area contributed by atoms with Crippen LogP contribution in [0.25, 0.3) is 0 Å². The lowest BCUT2D eigenvalue weighted by atomic mass is 10.1. The first-order valence-corrected chi connectivity index (χ1v) is 6.69. The Kier molecular flexibility index (Phi) is 2.76. The number of rotatable bonds is 1. The molecule has 1 unspecified atom stereocenters. The Morgan fingerprint density at radius 2 is 2.17 bits per heavy atom. The summed E-state index contributed by atoms with van der Waals surface area (Å²) in [6.45, 7) is 0. The summed E-state index contributed by atoms with van der Waals surface area (Å²) < 4.78 is 0. The molecule has 1 atom stereocenters. The highest BCUT2D eigenvalue weighted by Crippen LogP contribution is 2.42. The van der Waals surface area contributed by atoms with Crippen LogP contribution in [0.15, 0.2) is 51.2 Å². The summed E-state index contributed by atoms with van der Waals surface area (Å²) in [6.07, 6.45) is 6.05. The van der Waals surface area contributed by atoms with Gasteiger partial charge in [-0.2, -0.15) is 0 Å². The van der Waals surface area contributed by atoms with Crippen molar-refractivity contribution >= 4 is 28.8 Å². The van der Waals surface area contributed by atoms with Crippen molar-refractivity contribution in [2.75, 3.05) is 19.0 Å². The molecule has 0 saturated carbocycles. The van der Waals surface area contributed by atoms with Crippen molar-refractivity contribution in [3.05, 3.63) is 41.3 Å². The van der Waals surface area contributed by atoms with Gasteiger partial charge in [0.2, 0.25) is 0 Å². The minimum Gasteiger partial charge on any atom is -0.378 e. The number of hydrogen-bond acceptors (Lipinski definition) is 4. The Hall–Kier alpha value is -1.52. The van der Waals surface area contributed by atoms with Crippen LogP contribution in [0.1, 0.15) is 0 Å². The molecule has 1 aliphatic carbocycles. The van der Waals surface area contributed by atoms with Gasteiger partial charge in [-0.15, -0.1) is 0 Å². The fraction of sp³-hybridized carbons (Fsp3) is 0.214. The number of thioether (sulfide) groups is 1. The van der Waals surface area contributed by atoms with Crippen molar-refractivity contribution in [2.45, 2.75) is 10.9 Å². The lowest BCUT2D eigenvalue weighted by Crippen LogP contribution is -2.20. The van der Waals surface area contributed by atoms with Gasteiger partial charge in [-0.25, -0.2) is 4.99 Å². The third kappa shape index (κ3) is 1.98. The molecule has 0 spiro atoms. The molecule has 92 valence electrons. The lowest BCUT2D eigenvalue weighted by molar-refractivity contribution is 1.02. The summed E-state index contributed by atoms with van der Waals surface area (Å²) in [5, 5.41) is 0. The molecule has 0 fully saturated rings.